The summed E-state index contributed by atoms with van der Waals surface area (Å²) in [4.78, 5) is 23.7. The van der Waals surface area contributed by atoms with Crippen molar-refractivity contribution >= 4 is 17.6 Å². The van der Waals surface area contributed by atoms with Crippen LogP contribution < -0.4 is 5.32 Å². The number of carbonyl (C=O) groups is 2. The van der Waals surface area contributed by atoms with Crippen LogP contribution in [-0.2, 0) is 9.59 Å². The smallest absolute Gasteiger partial charge is 0.307 e. The number of halogens is 2. The average molecular weight is 295 g/mol. The summed E-state index contributed by atoms with van der Waals surface area (Å²) in [6, 6.07) is 2.79. The molecule has 4 atom stereocenters. The fourth-order valence-electron chi connectivity index (χ4n) is 3.83. The van der Waals surface area contributed by atoms with Gasteiger partial charge in [0.15, 0.2) is 0 Å². The molecule has 0 heterocycles. The van der Waals surface area contributed by atoms with E-state index < -0.39 is 35.3 Å². The highest BCUT2D eigenvalue weighted by Gasteiger charge is 2.54. The van der Waals surface area contributed by atoms with Gasteiger partial charge in [0.2, 0.25) is 5.91 Å². The molecule has 4 nitrogen and oxygen atoms in total. The first-order valence-corrected chi connectivity index (χ1v) is 6.96. The van der Waals surface area contributed by atoms with Gasteiger partial charge in [0.1, 0.15) is 11.6 Å². The van der Waals surface area contributed by atoms with Crippen molar-refractivity contribution in [3.63, 3.8) is 0 Å². The molecule has 0 radical (unpaired) electrons. The van der Waals surface area contributed by atoms with Gasteiger partial charge in [0, 0.05) is 6.07 Å². The average Bonchev–Trinajstić information content (AvgIpc) is 3.03. The van der Waals surface area contributed by atoms with E-state index in [-0.39, 0.29) is 17.5 Å². The summed E-state index contributed by atoms with van der Waals surface area (Å²) in [6.45, 7) is 0. The third-order valence-corrected chi connectivity index (χ3v) is 4.69. The minimum Gasteiger partial charge on any atom is -0.481 e. The van der Waals surface area contributed by atoms with Gasteiger partial charge in [0.25, 0.3) is 0 Å². The summed E-state index contributed by atoms with van der Waals surface area (Å²) >= 11 is 0. The minimum absolute atomic E-state index is 0.0145. The van der Waals surface area contributed by atoms with Crippen molar-refractivity contribution in [2.45, 2.75) is 19.3 Å². The Bertz CT molecular complexity index is 605. The third-order valence-electron chi connectivity index (χ3n) is 4.69. The summed E-state index contributed by atoms with van der Waals surface area (Å²) < 4.78 is 26.7. The number of fused-ring (bicyclic) bond motifs is 2. The molecule has 1 aromatic rings. The highest BCUT2D eigenvalue weighted by molar-refractivity contribution is 5.96. The van der Waals surface area contributed by atoms with Crippen molar-refractivity contribution in [1.29, 1.82) is 0 Å². The predicted octanol–water partition coefficient (Wildman–Crippen LogP) is 2.65. The molecule has 2 fully saturated rings. The molecule has 2 aliphatic carbocycles. The molecule has 112 valence electrons. The largest absolute Gasteiger partial charge is 0.481 e. The number of carboxylic acid groups (broad SMARTS) is 1. The van der Waals surface area contributed by atoms with E-state index in [2.05, 4.69) is 5.32 Å². The number of benzene rings is 1. The van der Waals surface area contributed by atoms with Crippen LogP contribution in [0.15, 0.2) is 18.2 Å². The highest BCUT2D eigenvalue weighted by atomic mass is 19.1. The van der Waals surface area contributed by atoms with Gasteiger partial charge in [-0.1, -0.05) is 0 Å². The second-order valence-electron chi connectivity index (χ2n) is 5.84. The molecule has 0 saturated heterocycles. The Balaban J connectivity index is 1.81. The Morgan fingerprint density at radius 3 is 2.48 bits per heavy atom. The van der Waals surface area contributed by atoms with Crippen molar-refractivity contribution in [2.75, 3.05) is 5.32 Å². The maximum atomic E-state index is 13.6. The lowest BCUT2D eigenvalue weighted by molar-refractivity contribution is -0.148. The lowest BCUT2D eigenvalue weighted by atomic mass is 9.78. The lowest BCUT2D eigenvalue weighted by Gasteiger charge is -2.27. The van der Waals surface area contributed by atoms with Gasteiger partial charge in [-0.05, 0) is 43.2 Å². The fraction of sp³-hybridized carbons (Fsp3) is 0.467. The third kappa shape index (κ3) is 2.39. The number of amides is 1. The molecule has 0 aromatic heterocycles. The number of anilines is 1. The number of aliphatic carboxylic acids is 1. The molecule has 2 N–H and O–H groups in total. The van der Waals surface area contributed by atoms with Gasteiger partial charge in [0.05, 0.1) is 17.5 Å². The van der Waals surface area contributed by atoms with Gasteiger partial charge in [-0.2, -0.15) is 0 Å². The Hall–Kier alpha value is -1.98. The van der Waals surface area contributed by atoms with Gasteiger partial charge in [-0.25, -0.2) is 8.78 Å². The SMILES string of the molecule is O=C(O)C1C2CCC(C2)[C@H]1C(=O)Nc1cc(F)ccc1F. The van der Waals surface area contributed by atoms with Crippen LogP contribution in [0.2, 0.25) is 0 Å². The van der Waals surface area contributed by atoms with Crippen LogP contribution in [0.3, 0.4) is 0 Å². The highest BCUT2D eigenvalue weighted by Crippen LogP contribution is 2.52. The first kappa shape index (κ1) is 14.0. The van der Waals surface area contributed by atoms with Crippen LogP contribution in [0, 0.1) is 35.3 Å². The van der Waals surface area contributed by atoms with E-state index in [9.17, 15) is 23.5 Å². The number of hydrogen-bond acceptors (Lipinski definition) is 2. The first-order valence-electron chi connectivity index (χ1n) is 6.96. The monoisotopic (exact) mass is 295 g/mol. The number of hydrogen-bond donors (Lipinski definition) is 2. The second kappa shape index (κ2) is 5.09. The Morgan fingerprint density at radius 1 is 1.14 bits per heavy atom. The van der Waals surface area contributed by atoms with Crippen molar-refractivity contribution in [1.82, 2.24) is 0 Å². The quantitative estimate of drug-likeness (QED) is 0.901. The molecule has 3 unspecified atom stereocenters. The number of nitrogens with one attached hydrogen (secondary N) is 1. The normalized spacial score (nSPS) is 30.4. The lowest BCUT2D eigenvalue weighted by Crippen LogP contribution is -2.38. The Kier molecular flexibility index (Phi) is 3.39. The summed E-state index contributed by atoms with van der Waals surface area (Å²) in [7, 11) is 0. The number of carboxylic acids is 1. The summed E-state index contributed by atoms with van der Waals surface area (Å²) in [5, 5.41) is 11.7. The van der Waals surface area contributed by atoms with Gasteiger partial charge in [-0.3, -0.25) is 9.59 Å². The first-order chi connectivity index (χ1) is 9.97. The standard InChI is InChI=1S/C15H15F2NO3/c16-9-3-4-10(17)11(6-9)18-14(19)12-7-1-2-8(5-7)13(12)15(20)21/h3-4,6-8,12-13H,1-2,5H2,(H,18,19)(H,20,21)/t7?,8?,12-,13?/m1/s1. The molecule has 21 heavy (non-hydrogen) atoms. The van der Waals surface area contributed by atoms with Gasteiger partial charge in [-0.15, -0.1) is 0 Å². The molecule has 1 aromatic carbocycles. The molecular weight excluding hydrogens is 280 g/mol. The molecule has 3 rings (SSSR count). The summed E-state index contributed by atoms with van der Waals surface area (Å²) in [5.41, 5.74) is -0.244. The van der Waals surface area contributed by atoms with Crippen molar-refractivity contribution in [3.05, 3.63) is 29.8 Å². The zero-order valence-corrected chi connectivity index (χ0v) is 11.2. The van der Waals surface area contributed by atoms with E-state index in [0.717, 1.165) is 37.5 Å². The zero-order valence-electron chi connectivity index (χ0n) is 11.2. The zero-order chi connectivity index (χ0) is 15.1. The minimum atomic E-state index is -0.984. The summed E-state index contributed by atoms with van der Waals surface area (Å²) in [5.74, 6) is -4.26. The molecule has 0 aliphatic heterocycles. The molecule has 2 saturated carbocycles. The summed E-state index contributed by atoms with van der Waals surface area (Å²) in [6.07, 6.45) is 2.36. The van der Waals surface area contributed by atoms with E-state index in [0.29, 0.717) is 0 Å². The predicted molar refractivity (Wildman–Crippen MR) is 70.4 cm³/mol. The topological polar surface area (TPSA) is 66.4 Å². The Morgan fingerprint density at radius 2 is 1.81 bits per heavy atom. The van der Waals surface area contributed by atoms with Crippen LogP contribution >= 0.6 is 0 Å². The van der Waals surface area contributed by atoms with Gasteiger partial charge < -0.3 is 10.4 Å². The van der Waals surface area contributed by atoms with Crippen LogP contribution in [0.25, 0.3) is 0 Å². The van der Waals surface area contributed by atoms with Crippen molar-refractivity contribution < 1.29 is 23.5 Å². The van der Waals surface area contributed by atoms with Crippen molar-refractivity contribution in [2.24, 2.45) is 23.7 Å². The maximum Gasteiger partial charge on any atom is 0.307 e. The second-order valence-corrected chi connectivity index (χ2v) is 5.84. The Labute approximate surface area is 120 Å². The molecular formula is C15H15F2NO3. The number of carbonyl (C=O) groups excluding carboxylic acids is 1. The van der Waals surface area contributed by atoms with E-state index in [1.807, 2.05) is 0 Å². The molecule has 6 heteroatoms. The van der Waals surface area contributed by atoms with E-state index in [1.165, 1.54) is 0 Å². The fourth-order valence-corrected chi connectivity index (χ4v) is 3.83. The van der Waals surface area contributed by atoms with Crippen LogP contribution in [0.4, 0.5) is 14.5 Å². The van der Waals surface area contributed by atoms with Gasteiger partial charge >= 0.3 is 5.97 Å². The van der Waals surface area contributed by atoms with E-state index >= 15 is 0 Å². The van der Waals surface area contributed by atoms with E-state index in [1.54, 1.807) is 0 Å². The van der Waals surface area contributed by atoms with Crippen molar-refractivity contribution in [3.8, 4) is 0 Å². The van der Waals surface area contributed by atoms with Crippen LogP contribution in [0.5, 0.6) is 0 Å². The molecule has 1 amide bonds. The van der Waals surface area contributed by atoms with Crippen LogP contribution in [-0.4, -0.2) is 17.0 Å². The van der Waals surface area contributed by atoms with E-state index in [4.69, 9.17) is 0 Å². The molecule has 0 spiro atoms. The maximum absolute atomic E-state index is 13.6. The van der Waals surface area contributed by atoms with Crippen LogP contribution in [0.1, 0.15) is 19.3 Å². The molecule has 2 bridgehead atoms. The molecule has 2 aliphatic rings. The number of rotatable bonds is 3.